The molecule has 9 nitrogen and oxygen atoms in total. The van der Waals surface area contributed by atoms with Crippen molar-refractivity contribution in [3.8, 4) is 5.75 Å². The first-order valence-electron chi connectivity index (χ1n) is 11.7. The van der Waals surface area contributed by atoms with Crippen LogP contribution in [0.1, 0.15) is 36.3 Å². The van der Waals surface area contributed by atoms with E-state index >= 15 is 0 Å². The number of alkyl halides is 3. The first kappa shape index (κ1) is 24.8. The Balaban J connectivity index is 1.62. The molecule has 1 aliphatic rings. The van der Waals surface area contributed by atoms with Gasteiger partial charge in [-0.2, -0.15) is 0 Å². The quantitative estimate of drug-likeness (QED) is 0.387. The lowest BCUT2D eigenvalue weighted by molar-refractivity contribution is -0.274. The van der Waals surface area contributed by atoms with Gasteiger partial charge in [-0.25, -0.2) is 9.78 Å². The third-order valence-electron chi connectivity index (χ3n) is 6.48. The Morgan fingerprint density at radius 1 is 1.11 bits per heavy atom. The smallest absolute Gasteiger partial charge is 0.406 e. The van der Waals surface area contributed by atoms with Gasteiger partial charge in [-0.1, -0.05) is 18.2 Å². The Morgan fingerprint density at radius 3 is 2.57 bits per heavy atom. The molecule has 1 aromatic carbocycles. The standard InChI is InChI=1S/C25H24F3N5O4/c1-31-21-20(22(34)32(23(31)35)12-10-24(36)8-9-24)33(15-17-6-2-3-11-29-17)19(30-21)14-16-5-4-7-18(13-16)37-25(26,27)28/h2-7,11,13,36H,8-10,12,14-15H2,1H3. The zero-order valence-corrected chi connectivity index (χ0v) is 19.9. The summed E-state index contributed by atoms with van der Waals surface area (Å²) in [5.74, 6) is 0.000588. The van der Waals surface area contributed by atoms with Crippen molar-refractivity contribution < 1.29 is 23.0 Å². The monoisotopic (exact) mass is 515 g/mol. The van der Waals surface area contributed by atoms with E-state index in [9.17, 15) is 27.9 Å². The number of fused-ring (bicyclic) bond motifs is 1. The number of aliphatic hydroxyl groups is 1. The van der Waals surface area contributed by atoms with Crippen molar-refractivity contribution in [3.63, 3.8) is 0 Å². The summed E-state index contributed by atoms with van der Waals surface area (Å²) in [7, 11) is 1.51. The SMILES string of the molecule is Cn1c(=O)n(CCC2(O)CC2)c(=O)c2c1nc(Cc1cccc(OC(F)(F)F)c1)n2Cc1ccccn1. The Hall–Kier alpha value is -3.93. The molecule has 0 bridgehead atoms. The van der Waals surface area contributed by atoms with Crippen LogP contribution >= 0.6 is 0 Å². The van der Waals surface area contributed by atoms with Gasteiger partial charge in [0.15, 0.2) is 11.2 Å². The number of hydrogen-bond acceptors (Lipinski definition) is 6. The van der Waals surface area contributed by atoms with Gasteiger partial charge >= 0.3 is 12.1 Å². The van der Waals surface area contributed by atoms with E-state index in [4.69, 9.17) is 0 Å². The van der Waals surface area contributed by atoms with Crippen molar-refractivity contribution in [2.24, 2.45) is 7.05 Å². The molecule has 1 fully saturated rings. The summed E-state index contributed by atoms with van der Waals surface area (Å²) in [6.07, 6.45) is -1.62. The molecule has 0 aliphatic heterocycles. The van der Waals surface area contributed by atoms with Gasteiger partial charge in [0.1, 0.15) is 11.6 Å². The number of rotatable bonds is 8. The largest absolute Gasteiger partial charge is 0.573 e. The van der Waals surface area contributed by atoms with Crippen LogP contribution in [0.5, 0.6) is 5.75 Å². The summed E-state index contributed by atoms with van der Waals surface area (Å²) in [4.78, 5) is 35.5. The molecule has 0 atom stereocenters. The highest BCUT2D eigenvalue weighted by molar-refractivity contribution is 5.71. The second-order valence-corrected chi connectivity index (χ2v) is 9.25. The molecule has 0 unspecified atom stereocenters. The highest BCUT2D eigenvalue weighted by atomic mass is 19.4. The van der Waals surface area contributed by atoms with Gasteiger partial charge in [-0.15, -0.1) is 13.2 Å². The van der Waals surface area contributed by atoms with Crippen molar-refractivity contribution in [2.75, 3.05) is 0 Å². The minimum Gasteiger partial charge on any atom is -0.406 e. The third-order valence-corrected chi connectivity index (χ3v) is 6.48. The van der Waals surface area contributed by atoms with E-state index in [1.54, 1.807) is 35.0 Å². The molecule has 4 aromatic rings. The molecule has 5 rings (SSSR count). The van der Waals surface area contributed by atoms with Crippen molar-refractivity contribution in [2.45, 2.75) is 50.7 Å². The molecule has 194 valence electrons. The molecule has 37 heavy (non-hydrogen) atoms. The third kappa shape index (κ3) is 5.29. The Kier molecular flexibility index (Phi) is 6.14. The summed E-state index contributed by atoms with van der Waals surface area (Å²) in [5.41, 5.74) is -0.520. The van der Waals surface area contributed by atoms with Crippen LogP contribution in [0.2, 0.25) is 0 Å². The van der Waals surface area contributed by atoms with Gasteiger partial charge in [0.2, 0.25) is 0 Å². The summed E-state index contributed by atoms with van der Waals surface area (Å²) in [6.45, 7) is 0.210. The Morgan fingerprint density at radius 2 is 1.89 bits per heavy atom. The average Bonchev–Trinajstić information content (AvgIpc) is 3.47. The molecular weight excluding hydrogens is 491 g/mol. The van der Waals surface area contributed by atoms with Gasteiger partial charge in [0, 0.05) is 26.2 Å². The van der Waals surface area contributed by atoms with Gasteiger partial charge in [-0.3, -0.25) is 18.9 Å². The summed E-state index contributed by atoms with van der Waals surface area (Å²) in [6, 6.07) is 10.8. The highest BCUT2D eigenvalue weighted by Gasteiger charge is 2.40. The van der Waals surface area contributed by atoms with Crippen molar-refractivity contribution >= 4 is 11.2 Å². The van der Waals surface area contributed by atoms with Crippen molar-refractivity contribution in [1.29, 1.82) is 0 Å². The first-order chi connectivity index (χ1) is 17.5. The van der Waals surface area contributed by atoms with Gasteiger partial charge in [0.25, 0.3) is 5.56 Å². The lowest BCUT2D eigenvalue weighted by Crippen LogP contribution is -2.40. The van der Waals surface area contributed by atoms with Gasteiger partial charge in [-0.05, 0) is 49.1 Å². The molecule has 1 aliphatic carbocycles. The normalized spacial score (nSPS) is 14.7. The lowest BCUT2D eigenvalue weighted by Gasteiger charge is -2.13. The molecule has 0 radical (unpaired) electrons. The predicted octanol–water partition coefficient (Wildman–Crippen LogP) is 2.74. The number of aryl methyl sites for hydroxylation is 1. The molecule has 1 N–H and O–H groups in total. The number of ether oxygens (including phenoxy) is 1. The molecule has 3 heterocycles. The van der Waals surface area contributed by atoms with Gasteiger partial charge in [0.05, 0.1) is 17.8 Å². The molecule has 0 spiro atoms. The molecule has 1 saturated carbocycles. The van der Waals surface area contributed by atoms with Crippen LogP contribution in [0.15, 0.2) is 58.3 Å². The Bertz CT molecular complexity index is 1570. The predicted molar refractivity (Wildman–Crippen MR) is 127 cm³/mol. The first-order valence-corrected chi connectivity index (χ1v) is 11.7. The summed E-state index contributed by atoms with van der Waals surface area (Å²) < 4.78 is 46.2. The van der Waals surface area contributed by atoms with E-state index in [0.717, 1.165) is 4.57 Å². The minimum absolute atomic E-state index is 0.0544. The zero-order chi connectivity index (χ0) is 26.4. The van der Waals surface area contributed by atoms with E-state index in [2.05, 4.69) is 14.7 Å². The maximum atomic E-state index is 13.6. The van der Waals surface area contributed by atoms with E-state index in [-0.39, 0.29) is 42.8 Å². The van der Waals surface area contributed by atoms with Crippen LogP contribution in [0.3, 0.4) is 0 Å². The summed E-state index contributed by atoms with van der Waals surface area (Å²) in [5, 5.41) is 10.2. The van der Waals surface area contributed by atoms with Crippen molar-refractivity contribution in [1.82, 2.24) is 23.7 Å². The van der Waals surface area contributed by atoms with Gasteiger partial charge < -0.3 is 14.4 Å². The minimum atomic E-state index is -4.83. The molecule has 3 aromatic heterocycles. The lowest BCUT2D eigenvalue weighted by atomic mass is 10.1. The van der Waals surface area contributed by atoms with E-state index in [1.165, 1.54) is 29.8 Å². The Labute approximate surface area is 208 Å². The second-order valence-electron chi connectivity index (χ2n) is 9.25. The maximum absolute atomic E-state index is 13.6. The molecule has 12 heteroatoms. The molecule has 0 amide bonds. The highest BCUT2D eigenvalue weighted by Crippen LogP contribution is 2.38. The fraction of sp³-hybridized carbons (Fsp3) is 0.360. The number of imidazole rings is 1. The van der Waals surface area contributed by atoms with Crippen LogP contribution in [0, 0.1) is 0 Å². The average molecular weight is 515 g/mol. The number of benzene rings is 1. The van der Waals surface area contributed by atoms with Crippen LogP contribution in [0.4, 0.5) is 13.2 Å². The number of hydrogen-bond donors (Lipinski definition) is 1. The van der Waals surface area contributed by atoms with Crippen LogP contribution in [0.25, 0.3) is 11.2 Å². The molecule has 0 saturated heterocycles. The van der Waals surface area contributed by atoms with Crippen LogP contribution in [-0.2, 0) is 26.6 Å². The van der Waals surface area contributed by atoms with E-state index in [0.29, 0.717) is 29.9 Å². The topological polar surface area (TPSA) is 104 Å². The fourth-order valence-corrected chi connectivity index (χ4v) is 4.32. The number of halogens is 3. The van der Waals surface area contributed by atoms with E-state index < -0.39 is 23.2 Å². The zero-order valence-electron chi connectivity index (χ0n) is 19.9. The molecular formula is C25H24F3N5O4. The van der Waals surface area contributed by atoms with Crippen LogP contribution < -0.4 is 16.0 Å². The fourth-order valence-electron chi connectivity index (χ4n) is 4.32. The van der Waals surface area contributed by atoms with Crippen molar-refractivity contribution in [3.05, 3.63) is 86.6 Å². The second kappa shape index (κ2) is 9.18. The number of nitrogens with zero attached hydrogens (tertiary/aromatic N) is 5. The number of aromatic nitrogens is 5. The summed E-state index contributed by atoms with van der Waals surface area (Å²) >= 11 is 0. The maximum Gasteiger partial charge on any atom is 0.573 e. The van der Waals surface area contributed by atoms with E-state index in [1.807, 2.05) is 0 Å². The number of pyridine rings is 1. The van der Waals surface area contributed by atoms with Crippen LogP contribution in [-0.4, -0.2) is 40.7 Å².